The average molecular weight is 185 g/mol. The third-order valence-corrected chi connectivity index (χ3v) is 2.56. The predicted octanol–water partition coefficient (Wildman–Crippen LogP) is 2.92. The fourth-order valence-electron chi connectivity index (χ4n) is 1.69. The minimum absolute atomic E-state index is 1.03. The highest BCUT2D eigenvalue weighted by Gasteiger charge is 1.99. The van der Waals surface area contributed by atoms with E-state index in [1.807, 2.05) is 0 Å². The first-order valence-electron chi connectivity index (χ1n) is 4.91. The smallest absolute Gasteiger partial charge is 0.0143 e. The summed E-state index contributed by atoms with van der Waals surface area (Å²) in [5.74, 6) is 0. The fraction of sp³-hybridized carbons (Fsp3) is 0.231. The summed E-state index contributed by atoms with van der Waals surface area (Å²) in [4.78, 5) is 0. The molecule has 0 aliphatic heterocycles. The van der Waals surface area contributed by atoms with E-state index in [2.05, 4.69) is 61.1 Å². The summed E-state index contributed by atoms with van der Waals surface area (Å²) in [5.41, 5.74) is 4.07. The Morgan fingerprint density at radius 1 is 1.07 bits per heavy atom. The minimum Gasteiger partial charge on any atom is -0.354 e. The van der Waals surface area contributed by atoms with E-state index in [1.54, 1.807) is 0 Å². The van der Waals surface area contributed by atoms with Gasteiger partial charge in [-0.25, -0.2) is 0 Å². The van der Waals surface area contributed by atoms with Crippen LogP contribution in [0.3, 0.4) is 0 Å². The second kappa shape index (κ2) is 3.70. The molecule has 2 rings (SSSR count). The largest absolute Gasteiger partial charge is 0.354 e. The maximum absolute atomic E-state index is 2.24. The van der Waals surface area contributed by atoms with Gasteiger partial charge in [-0.1, -0.05) is 30.3 Å². The molecular formula is C13H15N. The van der Waals surface area contributed by atoms with Gasteiger partial charge in [0.05, 0.1) is 0 Å². The van der Waals surface area contributed by atoms with Gasteiger partial charge in [-0.05, 0) is 30.5 Å². The molecule has 0 saturated heterocycles. The second-order valence-electron chi connectivity index (χ2n) is 3.76. The molecule has 0 saturated carbocycles. The molecule has 0 unspecified atom stereocenters. The van der Waals surface area contributed by atoms with Crippen molar-refractivity contribution >= 4 is 0 Å². The Bertz CT molecular complexity index is 393. The maximum Gasteiger partial charge on any atom is 0.0143 e. The van der Waals surface area contributed by atoms with E-state index in [0.29, 0.717) is 0 Å². The topological polar surface area (TPSA) is 4.93 Å². The second-order valence-corrected chi connectivity index (χ2v) is 3.76. The minimum atomic E-state index is 1.03. The molecule has 1 aromatic carbocycles. The summed E-state index contributed by atoms with van der Waals surface area (Å²) in [6, 6.07) is 12.8. The maximum atomic E-state index is 2.24. The summed E-state index contributed by atoms with van der Waals surface area (Å²) in [6.45, 7) is 2.13. The summed E-state index contributed by atoms with van der Waals surface area (Å²) in [6.07, 6.45) is 3.23. The zero-order valence-corrected chi connectivity index (χ0v) is 8.70. The van der Waals surface area contributed by atoms with E-state index in [9.17, 15) is 0 Å². The van der Waals surface area contributed by atoms with Crippen LogP contribution < -0.4 is 0 Å². The van der Waals surface area contributed by atoms with Crippen LogP contribution in [0.1, 0.15) is 16.8 Å². The van der Waals surface area contributed by atoms with Crippen molar-refractivity contribution in [2.75, 3.05) is 0 Å². The van der Waals surface area contributed by atoms with Crippen LogP contribution in [0.4, 0.5) is 0 Å². The molecule has 2 aromatic rings. The fourth-order valence-corrected chi connectivity index (χ4v) is 1.69. The van der Waals surface area contributed by atoms with Crippen molar-refractivity contribution in [3.8, 4) is 0 Å². The monoisotopic (exact) mass is 185 g/mol. The van der Waals surface area contributed by atoms with Crippen LogP contribution in [-0.4, -0.2) is 4.57 Å². The van der Waals surface area contributed by atoms with Gasteiger partial charge in [-0.3, -0.25) is 0 Å². The zero-order valence-electron chi connectivity index (χ0n) is 8.70. The Morgan fingerprint density at radius 2 is 1.79 bits per heavy atom. The molecule has 14 heavy (non-hydrogen) atoms. The molecule has 72 valence electrons. The first kappa shape index (κ1) is 9.07. The molecule has 0 spiro atoms. The van der Waals surface area contributed by atoms with Crippen molar-refractivity contribution in [1.82, 2.24) is 4.57 Å². The average Bonchev–Trinajstić information content (AvgIpc) is 2.47. The number of nitrogens with zero attached hydrogens (tertiary/aromatic N) is 1. The van der Waals surface area contributed by atoms with Crippen molar-refractivity contribution in [3.63, 3.8) is 0 Å². The molecule has 0 aliphatic carbocycles. The predicted molar refractivity (Wildman–Crippen MR) is 59.4 cm³/mol. The summed E-state index contributed by atoms with van der Waals surface area (Å²) < 4.78 is 2.16. The van der Waals surface area contributed by atoms with Gasteiger partial charge in [-0.2, -0.15) is 0 Å². The van der Waals surface area contributed by atoms with Crippen molar-refractivity contribution in [2.45, 2.75) is 13.3 Å². The van der Waals surface area contributed by atoms with E-state index in [1.165, 1.54) is 16.8 Å². The normalized spacial score (nSPS) is 10.4. The zero-order chi connectivity index (χ0) is 9.97. The van der Waals surface area contributed by atoms with Crippen molar-refractivity contribution in [3.05, 3.63) is 59.4 Å². The lowest BCUT2D eigenvalue weighted by molar-refractivity contribution is 0.879. The standard InChI is InChI=1S/C13H15N/c1-11-8-13(10-14(11)2)9-12-6-4-3-5-7-12/h3-8,10H,9H2,1-2H3. The Balaban J connectivity index is 2.19. The van der Waals surface area contributed by atoms with E-state index in [-0.39, 0.29) is 0 Å². The van der Waals surface area contributed by atoms with Crippen LogP contribution in [0.2, 0.25) is 0 Å². The summed E-state index contributed by atoms with van der Waals surface area (Å²) in [7, 11) is 2.09. The van der Waals surface area contributed by atoms with Gasteiger partial charge in [0.1, 0.15) is 0 Å². The molecule has 0 radical (unpaired) electrons. The van der Waals surface area contributed by atoms with Crippen molar-refractivity contribution < 1.29 is 0 Å². The van der Waals surface area contributed by atoms with Gasteiger partial charge in [-0.15, -0.1) is 0 Å². The van der Waals surface area contributed by atoms with Gasteiger partial charge in [0.25, 0.3) is 0 Å². The molecule has 1 nitrogen and oxygen atoms in total. The van der Waals surface area contributed by atoms with Gasteiger partial charge in [0.15, 0.2) is 0 Å². The summed E-state index contributed by atoms with van der Waals surface area (Å²) in [5, 5.41) is 0. The number of hydrogen-bond acceptors (Lipinski definition) is 0. The lowest BCUT2D eigenvalue weighted by atomic mass is 10.1. The van der Waals surface area contributed by atoms with Gasteiger partial charge >= 0.3 is 0 Å². The molecule has 1 heterocycles. The number of rotatable bonds is 2. The molecular weight excluding hydrogens is 170 g/mol. The van der Waals surface area contributed by atoms with Crippen LogP contribution in [0.25, 0.3) is 0 Å². The highest BCUT2D eigenvalue weighted by Crippen LogP contribution is 2.11. The lowest BCUT2D eigenvalue weighted by Gasteiger charge is -1.97. The van der Waals surface area contributed by atoms with Crippen LogP contribution in [0.5, 0.6) is 0 Å². The van der Waals surface area contributed by atoms with Crippen LogP contribution >= 0.6 is 0 Å². The Labute approximate surface area is 85.0 Å². The number of aromatic nitrogens is 1. The number of hydrogen-bond donors (Lipinski definition) is 0. The molecule has 1 aromatic heterocycles. The first-order valence-corrected chi connectivity index (χ1v) is 4.91. The third kappa shape index (κ3) is 1.87. The number of aryl methyl sites for hydroxylation is 2. The van der Waals surface area contributed by atoms with Crippen LogP contribution in [-0.2, 0) is 13.5 Å². The Hall–Kier alpha value is -1.50. The van der Waals surface area contributed by atoms with Gasteiger partial charge in [0, 0.05) is 18.9 Å². The molecule has 0 atom stereocenters. The lowest BCUT2D eigenvalue weighted by Crippen LogP contribution is -1.86. The highest BCUT2D eigenvalue weighted by atomic mass is 14.9. The quantitative estimate of drug-likeness (QED) is 0.678. The molecule has 0 bridgehead atoms. The van der Waals surface area contributed by atoms with Crippen molar-refractivity contribution in [2.24, 2.45) is 7.05 Å². The van der Waals surface area contributed by atoms with E-state index < -0.39 is 0 Å². The molecule has 0 fully saturated rings. The van der Waals surface area contributed by atoms with E-state index >= 15 is 0 Å². The van der Waals surface area contributed by atoms with Gasteiger partial charge in [0.2, 0.25) is 0 Å². The van der Waals surface area contributed by atoms with Crippen LogP contribution in [0, 0.1) is 6.92 Å². The Kier molecular flexibility index (Phi) is 2.40. The van der Waals surface area contributed by atoms with Crippen molar-refractivity contribution in [1.29, 1.82) is 0 Å². The van der Waals surface area contributed by atoms with Crippen LogP contribution in [0.15, 0.2) is 42.6 Å². The summed E-state index contributed by atoms with van der Waals surface area (Å²) >= 11 is 0. The third-order valence-electron chi connectivity index (χ3n) is 2.56. The Morgan fingerprint density at radius 3 is 2.36 bits per heavy atom. The highest BCUT2D eigenvalue weighted by molar-refractivity contribution is 5.26. The molecule has 0 aliphatic rings. The molecule has 0 amide bonds. The number of benzene rings is 1. The molecule has 0 N–H and O–H groups in total. The molecule has 1 heteroatoms. The van der Waals surface area contributed by atoms with E-state index in [4.69, 9.17) is 0 Å². The first-order chi connectivity index (χ1) is 6.75. The van der Waals surface area contributed by atoms with Gasteiger partial charge < -0.3 is 4.57 Å². The van der Waals surface area contributed by atoms with E-state index in [0.717, 1.165) is 6.42 Å². The SMILES string of the molecule is Cc1cc(Cc2ccccc2)cn1C.